The summed E-state index contributed by atoms with van der Waals surface area (Å²) in [6.07, 6.45) is 0.666. The molecule has 0 heterocycles. The van der Waals surface area contributed by atoms with Gasteiger partial charge in [0, 0.05) is 19.2 Å². The topological polar surface area (TPSA) is 58.6 Å². The SMILES string of the molecule is COc1ccccc1CCNC(=O)CN(C(C)=O)c1ccc(C)cc1C. The maximum atomic E-state index is 12.3. The first-order chi connectivity index (χ1) is 12.4. The second-order valence-electron chi connectivity index (χ2n) is 6.31. The molecule has 0 bridgehead atoms. The first-order valence-electron chi connectivity index (χ1n) is 8.66. The first-order valence-corrected chi connectivity index (χ1v) is 8.66. The van der Waals surface area contributed by atoms with E-state index in [2.05, 4.69) is 5.32 Å². The van der Waals surface area contributed by atoms with Crippen molar-refractivity contribution >= 4 is 17.5 Å². The van der Waals surface area contributed by atoms with Crippen molar-refractivity contribution in [2.75, 3.05) is 25.1 Å². The van der Waals surface area contributed by atoms with Crippen molar-refractivity contribution in [3.8, 4) is 5.75 Å². The number of amides is 2. The van der Waals surface area contributed by atoms with E-state index in [0.717, 1.165) is 28.1 Å². The van der Waals surface area contributed by atoms with Crippen LogP contribution in [0, 0.1) is 13.8 Å². The number of hydrogen-bond acceptors (Lipinski definition) is 3. The van der Waals surface area contributed by atoms with Gasteiger partial charge >= 0.3 is 0 Å². The number of methoxy groups -OCH3 is 1. The summed E-state index contributed by atoms with van der Waals surface area (Å²) in [4.78, 5) is 25.9. The van der Waals surface area contributed by atoms with Crippen LogP contribution in [-0.2, 0) is 16.0 Å². The number of carbonyl (C=O) groups is 2. The fourth-order valence-corrected chi connectivity index (χ4v) is 2.92. The number of para-hydroxylation sites is 1. The fourth-order valence-electron chi connectivity index (χ4n) is 2.92. The average Bonchev–Trinajstić information content (AvgIpc) is 2.60. The number of nitrogens with one attached hydrogen (secondary N) is 1. The summed E-state index contributed by atoms with van der Waals surface area (Å²) in [5, 5.41) is 2.88. The third-order valence-corrected chi connectivity index (χ3v) is 4.23. The summed E-state index contributed by atoms with van der Waals surface area (Å²) < 4.78 is 5.31. The van der Waals surface area contributed by atoms with Crippen LogP contribution in [0.4, 0.5) is 5.69 Å². The van der Waals surface area contributed by atoms with Crippen LogP contribution in [0.3, 0.4) is 0 Å². The second-order valence-corrected chi connectivity index (χ2v) is 6.31. The average molecular weight is 354 g/mol. The fraction of sp³-hybridized carbons (Fsp3) is 0.333. The van der Waals surface area contributed by atoms with Gasteiger partial charge < -0.3 is 15.0 Å². The molecular weight excluding hydrogens is 328 g/mol. The lowest BCUT2D eigenvalue weighted by molar-refractivity contribution is -0.123. The highest BCUT2D eigenvalue weighted by Crippen LogP contribution is 2.21. The minimum Gasteiger partial charge on any atom is -0.496 e. The summed E-state index contributed by atoms with van der Waals surface area (Å²) in [7, 11) is 1.63. The molecule has 0 fully saturated rings. The summed E-state index contributed by atoms with van der Waals surface area (Å²) in [6.45, 7) is 5.90. The Hall–Kier alpha value is -2.82. The molecule has 2 aromatic carbocycles. The van der Waals surface area contributed by atoms with Gasteiger partial charge in [-0.3, -0.25) is 9.59 Å². The molecule has 0 unspecified atom stereocenters. The molecule has 5 nitrogen and oxygen atoms in total. The van der Waals surface area contributed by atoms with E-state index in [1.165, 1.54) is 11.8 Å². The molecular formula is C21H26N2O3. The van der Waals surface area contributed by atoms with Crippen LogP contribution in [0.5, 0.6) is 5.75 Å². The van der Waals surface area contributed by atoms with E-state index in [-0.39, 0.29) is 18.4 Å². The zero-order chi connectivity index (χ0) is 19.1. The Morgan fingerprint density at radius 1 is 1.12 bits per heavy atom. The van der Waals surface area contributed by atoms with Crippen LogP contribution in [0.2, 0.25) is 0 Å². The molecule has 26 heavy (non-hydrogen) atoms. The Kier molecular flexibility index (Phi) is 6.78. The molecule has 2 amide bonds. The third-order valence-electron chi connectivity index (χ3n) is 4.23. The number of hydrogen-bond donors (Lipinski definition) is 1. The van der Waals surface area contributed by atoms with Crippen molar-refractivity contribution in [1.82, 2.24) is 5.32 Å². The highest BCUT2D eigenvalue weighted by atomic mass is 16.5. The molecule has 0 spiro atoms. The molecule has 0 atom stereocenters. The highest BCUT2D eigenvalue weighted by Gasteiger charge is 2.17. The van der Waals surface area contributed by atoms with Gasteiger partial charge in [0.15, 0.2) is 0 Å². The number of carbonyl (C=O) groups excluding carboxylic acids is 2. The standard InChI is InChI=1S/C21H26N2O3/c1-15-9-10-19(16(2)13-15)23(17(3)24)14-21(25)22-12-11-18-7-5-6-8-20(18)26-4/h5-10,13H,11-12,14H2,1-4H3,(H,22,25). The molecule has 0 aliphatic carbocycles. The van der Waals surface area contributed by atoms with Crippen LogP contribution in [0.1, 0.15) is 23.6 Å². The van der Waals surface area contributed by atoms with Crippen molar-refractivity contribution in [3.05, 3.63) is 59.2 Å². The van der Waals surface area contributed by atoms with Crippen molar-refractivity contribution < 1.29 is 14.3 Å². The maximum Gasteiger partial charge on any atom is 0.240 e. The van der Waals surface area contributed by atoms with Gasteiger partial charge in [-0.05, 0) is 43.5 Å². The minimum absolute atomic E-state index is 0.00512. The van der Waals surface area contributed by atoms with E-state index in [1.54, 1.807) is 7.11 Å². The van der Waals surface area contributed by atoms with E-state index in [4.69, 9.17) is 4.74 Å². The molecule has 138 valence electrons. The van der Waals surface area contributed by atoms with E-state index >= 15 is 0 Å². The molecule has 0 aliphatic rings. The lowest BCUT2D eigenvalue weighted by atomic mass is 10.1. The molecule has 0 saturated carbocycles. The molecule has 2 aromatic rings. The Bertz CT molecular complexity index is 787. The van der Waals surface area contributed by atoms with Crippen molar-refractivity contribution in [2.45, 2.75) is 27.2 Å². The largest absolute Gasteiger partial charge is 0.496 e. The predicted octanol–water partition coefficient (Wildman–Crippen LogP) is 3.02. The molecule has 0 saturated heterocycles. The van der Waals surface area contributed by atoms with Gasteiger partial charge in [0.2, 0.25) is 11.8 Å². The molecule has 5 heteroatoms. The van der Waals surface area contributed by atoms with Gasteiger partial charge in [0.1, 0.15) is 12.3 Å². The van der Waals surface area contributed by atoms with Gasteiger partial charge in [-0.15, -0.1) is 0 Å². The maximum absolute atomic E-state index is 12.3. The monoisotopic (exact) mass is 354 g/mol. The second kappa shape index (κ2) is 9.04. The Balaban J connectivity index is 1.97. The van der Waals surface area contributed by atoms with Gasteiger partial charge in [0.05, 0.1) is 7.11 Å². The van der Waals surface area contributed by atoms with Crippen molar-refractivity contribution in [2.24, 2.45) is 0 Å². The molecule has 0 radical (unpaired) electrons. The highest BCUT2D eigenvalue weighted by molar-refractivity contribution is 5.98. The van der Waals surface area contributed by atoms with Crippen LogP contribution in [-0.4, -0.2) is 32.0 Å². The minimum atomic E-state index is -0.185. The number of benzene rings is 2. The van der Waals surface area contributed by atoms with Gasteiger partial charge in [-0.1, -0.05) is 35.9 Å². The lowest BCUT2D eigenvalue weighted by Gasteiger charge is -2.23. The summed E-state index contributed by atoms with van der Waals surface area (Å²) >= 11 is 0. The van der Waals surface area contributed by atoms with Crippen LogP contribution < -0.4 is 15.0 Å². The van der Waals surface area contributed by atoms with Crippen LogP contribution in [0.15, 0.2) is 42.5 Å². The predicted molar refractivity (Wildman–Crippen MR) is 104 cm³/mol. The normalized spacial score (nSPS) is 10.3. The van der Waals surface area contributed by atoms with E-state index in [0.29, 0.717) is 13.0 Å². The Morgan fingerprint density at radius 2 is 1.85 bits per heavy atom. The first kappa shape index (κ1) is 19.5. The van der Waals surface area contributed by atoms with Gasteiger partial charge in [-0.25, -0.2) is 0 Å². The van der Waals surface area contributed by atoms with Gasteiger partial charge in [-0.2, -0.15) is 0 Å². The lowest BCUT2D eigenvalue weighted by Crippen LogP contribution is -2.40. The third kappa shape index (κ3) is 5.09. The zero-order valence-corrected chi connectivity index (χ0v) is 15.8. The number of aryl methyl sites for hydroxylation is 2. The smallest absolute Gasteiger partial charge is 0.240 e. The number of rotatable bonds is 7. The Labute approximate surface area is 155 Å². The Morgan fingerprint density at radius 3 is 2.50 bits per heavy atom. The van der Waals surface area contributed by atoms with E-state index in [9.17, 15) is 9.59 Å². The van der Waals surface area contributed by atoms with Gasteiger partial charge in [0.25, 0.3) is 0 Å². The molecule has 2 rings (SSSR count). The molecule has 0 aliphatic heterocycles. The molecule has 1 N–H and O–H groups in total. The summed E-state index contributed by atoms with van der Waals surface area (Å²) in [6, 6.07) is 13.6. The van der Waals surface area contributed by atoms with Crippen molar-refractivity contribution in [1.29, 1.82) is 0 Å². The number of ether oxygens (including phenoxy) is 1. The number of nitrogens with zero attached hydrogens (tertiary/aromatic N) is 1. The summed E-state index contributed by atoms with van der Waals surface area (Å²) in [5.74, 6) is 0.467. The van der Waals surface area contributed by atoms with Crippen LogP contribution in [0.25, 0.3) is 0 Å². The van der Waals surface area contributed by atoms with E-state index in [1.807, 2.05) is 56.3 Å². The van der Waals surface area contributed by atoms with Crippen molar-refractivity contribution in [3.63, 3.8) is 0 Å². The number of anilines is 1. The van der Waals surface area contributed by atoms with Crippen LogP contribution >= 0.6 is 0 Å². The van der Waals surface area contributed by atoms with E-state index < -0.39 is 0 Å². The quantitative estimate of drug-likeness (QED) is 0.831. The molecule has 0 aromatic heterocycles. The summed E-state index contributed by atoms with van der Waals surface area (Å²) in [5.41, 5.74) is 3.90. The zero-order valence-electron chi connectivity index (χ0n) is 15.8.